The van der Waals surface area contributed by atoms with E-state index in [1.165, 1.54) is 0 Å². The predicted molar refractivity (Wildman–Crippen MR) is 74.3 cm³/mol. The molecule has 0 fully saturated rings. The van der Waals surface area contributed by atoms with Crippen LogP contribution in [-0.2, 0) is 4.79 Å². The van der Waals surface area contributed by atoms with E-state index in [1.807, 2.05) is 6.92 Å². The first-order chi connectivity index (χ1) is 9.95. The van der Waals surface area contributed by atoms with E-state index in [0.29, 0.717) is 6.54 Å². The molecule has 0 heterocycles. The second-order valence-corrected chi connectivity index (χ2v) is 4.25. The summed E-state index contributed by atoms with van der Waals surface area (Å²) in [7, 11) is 0. The van der Waals surface area contributed by atoms with E-state index < -0.39 is 29.0 Å². The quantitative estimate of drug-likeness (QED) is 0.324. The van der Waals surface area contributed by atoms with Crippen LogP contribution in [-0.4, -0.2) is 25.0 Å². The molecule has 116 valence electrons. The summed E-state index contributed by atoms with van der Waals surface area (Å²) in [5, 5.41) is 4.88. The molecular formula is C13H17F3N4O. The Morgan fingerprint density at radius 3 is 2.67 bits per heavy atom. The average molecular weight is 302 g/mol. The lowest BCUT2D eigenvalue weighted by molar-refractivity contribution is -0.114. The Hall–Kier alpha value is -2.25. The van der Waals surface area contributed by atoms with Crippen molar-refractivity contribution in [2.75, 3.05) is 18.4 Å². The van der Waals surface area contributed by atoms with Crippen LogP contribution in [0.3, 0.4) is 0 Å². The Kier molecular flexibility index (Phi) is 6.51. The van der Waals surface area contributed by atoms with Crippen LogP contribution in [0, 0.1) is 17.5 Å². The number of amides is 1. The molecule has 0 aromatic heterocycles. The van der Waals surface area contributed by atoms with Crippen LogP contribution in [0.2, 0.25) is 0 Å². The highest BCUT2D eigenvalue weighted by atomic mass is 19.2. The summed E-state index contributed by atoms with van der Waals surface area (Å²) < 4.78 is 39.0. The zero-order valence-electron chi connectivity index (χ0n) is 11.5. The van der Waals surface area contributed by atoms with E-state index in [0.717, 1.165) is 25.0 Å². The Balaban J connectivity index is 2.54. The fourth-order valence-corrected chi connectivity index (χ4v) is 1.42. The minimum atomic E-state index is -1.64. The molecule has 0 aliphatic rings. The van der Waals surface area contributed by atoms with Gasteiger partial charge in [0.15, 0.2) is 23.4 Å². The number of anilines is 1. The summed E-state index contributed by atoms with van der Waals surface area (Å²) in [6.07, 6.45) is 1.89. The molecule has 1 amide bonds. The van der Waals surface area contributed by atoms with Gasteiger partial charge in [0.25, 0.3) is 0 Å². The van der Waals surface area contributed by atoms with E-state index in [4.69, 9.17) is 5.73 Å². The van der Waals surface area contributed by atoms with Crippen LogP contribution in [0.1, 0.15) is 19.8 Å². The molecule has 0 bridgehead atoms. The number of benzene rings is 1. The van der Waals surface area contributed by atoms with Gasteiger partial charge in [0.1, 0.15) is 6.54 Å². The number of nitrogens with one attached hydrogen (secondary N) is 2. The van der Waals surface area contributed by atoms with Gasteiger partial charge in [-0.15, -0.1) is 0 Å². The van der Waals surface area contributed by atoms with Gasteiger partial charge in [-0.3, -0.25) is 4.79 Å². The number of nitrogens with zero attached hydrogens (tertiary/aromatic N) is 1. The number of unbranched alkanes of at least 4 members (excludes halogenated alkanes) is 1. The van der Waals surface area contributed by atoms with Crippen molar-refractivity contribution >= 4 is 17.6 Å². The van der Waals surface area contributed by atoms with Gasteiger partial charge in [-0.05, 0) is 18.6 Å². The molecule has 1 rings (SSSR count). The van der Waals surface area contributed by atoms with Crippen LogP contribution < -0.4 is 16.4 Å². The van der Waals surface area contributed by atoms with Crippen molar-refractivity contribution in [1.29, 1.82) is 0 Å². The van der Waals surface area contributed by atoms with Crippen LogP contribution in [0.25, 0.3) is 0 Å². The highest BCUT2D eigenvalue weighted by Crippen LogP contribution is 2.19. The monoisotopic (exact) mass is 302 g/mol. The lowest BCUT2D eigenvalue weighted by Crippen LogP contribution is -2.33. The van der Waals surface area contributed by atoms with Crippen LogP contribution >= 0.6 is 0 Å². The number of aliphatic imine (C=N–C) groups is 1. The molecule has 0 aliphatic heterocycles. The smallest absolute Gasteiger partial charge is 0.246 e. The minimum Gasteiger partial charge on any atom is -0.370 e. The van der Waals surface area contributed by atoms with Crippen molar-refractivity contribution in [3.05, 3.63) is 29.6 Å². The Morgan fingerprint density at radius 2 is 2.00 bits per heavy atom. The molecule has 8 heteroatoms. The second-order valence-electron chi connectivity index (χ2n) is 4.25. The molecule has 0 spiro atoms. The maximum atomic E-state index is 13.3. The first-order valence-corrected chi connectivity index (χ1v) is 6.42. The van der Waals surface area contributed by atoms with Crippen LogP contribution in [0.15, 0.2) is 17.1 Å². The van der Waals surface area contributed by atoms with Gasteiger partial charge in [-0.25, -0.2) is 18.2 Å². The van der Waals surface area contributed by atoms with Gasteiger partial charge in [0, 0.05) is 6.54 Å². The van der Waals surface area contributed by atoms with Gasteiger partial charge in [-0.1, -0.05) is 13.3 Å². The highest BCUT2D eigenvalue weighted by molar-refractivity contribution is 5.94. The zero-order chi connectivity index (χ0) is 15.8. The molecule has 4 N–H and O–H groups in total. The molecule has 0 saturated heterocycles. The molecule has 1 aromatic carbocycles. The number of rotatable bonds is 6. The summed E-state index contributed by atoms with van der Waals surface area (Å²) in [5.74, 6) is -5.03. The number of halogens is 3. The summed E-state index contributed by atoms with van der Waals surface area (Å²) in [5.41, 5.74) is 5.05. The third-order valence-corrected chi connectivity index (χ3v) is 2.54. The van der Waals surface area contributed by atoms with Gasteiger partial charge in [0.2, 0.25) is 5.91 Å². The van der Waals surface area contributed by atoms with Gasteiger partial charge < -0.3 is 16.4 Å². The van der Waals surface area contributed by atoms with Crippen LogP contribution in [0.5, 0.6) is 0 Å². The van der Waals surface area contributed by atoms with Crippen molar-refractivity contribution in [2.24, 2.45) is 10.7 Å². The summed E-state index contributed by atoms with van der Waals surface area (Å²) >= 11 is 0. The van der Waals surface area contributed by atoms with Gasteiger partial charge >= 0.3 is 0 Å². The third kappa shape index (κ3) is 5.33. The number of hydrogen-bond donors (Lipinski definition) is 3. The third-order valence-electron chi connectivity index (χ3n) is 2.54. The highest BCUT2D eigenvalue weighted by Gasteiger charge is 2.14. The Bertz CT molecular complexity index is 534. The van der Waals surface area contributed by atoms with Gasteiger partial charge in [0.05, 0.1) is 5.69 Å². The molecule has 0 saturated carbocycles. The maximum Gasteiger partial charge on any atom is 0.246 e. The lowest BCUT2D eigenvalue weighted by atomic mass is 10.3. The van der Waals surface area contributed by atoms with Crippen LogP contribution in [0.4, 0.5) is 18.9 Å². The topological polar surface area (TPSA) is 79.5 Å². The van der Waals surface area contributed by atoms with Crippen molar-refractivity contribution in [3.8, 4) is 0 Å². The number of hydrogen-bond acceptors (Lipinski definition) is 2. The summed E-state index contributed by atoms with van der Waals surface area (Å²) in [6.45, 7) is 2.29. The molecule has 21 heavy (non-hydrogen) atoms. The molecule has 0 radical (unpaired) electrons. The number of nitrogens with two attached hydrogens (primary N) is 1. The van der Waals surface area contributed by atoms with Gasteiger partial charge in [-0.2, -0.15) is 0 Å². The van der Waals surface area contributed by atoms with E-state index in [1.54, 1.807) is 0 Å². The van der Waals surface area contributed by atoms with Crippen molar-refractivity contribution in [2.45, 2.75) is 19.8 Å². The summed E-state index contributed by atoms with van der Waals surface area (Å²) in [4.78, 5) is 15.3. The van der Waals surface area contributed by atoms with Crippen molar-refractivity contribution < 1.29 is 18.0 Å². The molecule has 0 atom stereocenters. The van der Waals surface area contributed by atoms with E-state index in [-0.39, 0.29) is 12.5 Å². The van der Waals surface area contributed by atoms with E-state index in [2.05, 4.69) is 15.6 Å². The fraction of sp³-hybridized carbons (Fsp3) is 0.385. The molecule has 1 aromatic rings. The SMILES string of the molecule is CCCCNC(N)=NCC(=O)Nc1ccc(F)c(F)c1F. The minimum absolute atomic E-state index is 0.0874. The number of guanidine groups is 1. The largest absolute Gasteiger partial charge is 0.370 e. The molecule has 5 nitrogen and oxygen atoms in total. The zero-order valence-corrected chi connectivity index (χ0v) is 11.5. The fourth-order valence-electron chi connectivity index (χ4n) is 1.42. The summed E-state index contributed by atoms with van der Waals surface area (Å²) in [6, 6.07) is 1.65. The lowest BCUT2D eigenvalue weighted by Gasteiger charge is -2.07. The molecule has 0 unspecified atom stereocenters. The average Bonchev–Trinajstić information content (AvgIpc) is 2.46. The Morgan fingerprint density at radius 1 is 1.29 bits per heavy atom. The molecular weight excluding hydrogens is 285 g/mol. The first kappa shape index (κ1) is 16.8. The van der Waals surface area contributed by atoms with Crippen molar-refractivity contribution in [3.63, 3.8) is 0 Å². The Labute approximate surface area is 120 Å². The normalized spacial score (nSPS) is 11.3. The van der Waals surface area contributed by atoms with E-state index in [9.17, 15) is 18.0 Å². The first-order valence-electron chi connectivity index (χ1n) is 6.42. The maximum absolute atomic E-state index is 13.3. The number of carbonyl (C=O) groups excluding carboxylic acids is 1. The standard InChI is InChI=1S/C13H17F3N4O/c1-2-3-6-18-13(17)19-7-10(21)20-9-5-4-8(14)11(15)12(9)16/h4-5H,2-3,6-7H2,1H3,(H,20,21)(H3,17,18,19). The van der Waals surface area contributed by atoms with Crippen molar-refractivity contribution in [1.82, 2.24) is 5.32 Å². The van der Waals surface area contributed by atoms with E-state index >= 15 is 0 Å². The second kappa shape index (κ2) is 8.13. The predicted octanol–water partition coefficient (Wildman–Crippen LogP) is 1.75. The molecule has 0 aliphatic carbocycles. The number of carbonyl (C=O) groups is 1.